The normalized spacial score (nSPS) is 10.9. The number of carbonyl (C=O) groups is 1. The Morgan fingerprint density at radius 1 is 1.20 bits per heavy atom. The highest BCUT2D eigenvalue weighted by molar-refractivity contribution is 7.13. The van der Waals surface area contributed by atoms with Crippen LogP contribution in [-0.4, -0.2) is 16.1 Å². The molecule has 0 aliphatic heterocycles. The quantitative estimate of drug-likeness (QED) is 0.763. The van der Waals surface area contributed by atoms with E-state index in [1.54, 1.807) is 17.4 Å². The molecule has 3 nitrogen and oxygen atoms in total. The van der Waals surface area contributed by atoms with Crippen LogP contribution in [0.2, 0.25) is 0 Å². The Labute approximate surface area is 120 Å². The SMILES string of the molecule is Cc1cc2nc(-c3cccs3)cc(C(=O)O)c2cc1C. The van der Waals surface area contributed by atoms with Crippen LogP contribution in [0.3, 0.4) is 0 Å². The molecular weight excluding hydrogens is 270 g/mol. The summed E-state index contributed by atoms with van der Waals surface area (Å²) in [6.45, 7) is 3.99. The van der Waals surface area contributed by atoms with Crippen molar-refractivity contribution in [1.29, 1.82) is 0 Å². The smallest absolute Gasteiger partial charge is 0.336 e. The molecule has 0 amide bonds. The van der Waals surface area contributed by atoms with Crippen LogP contribution in [-0.2, 0) is 0 Å². The van der Waals surface area contributed by atoms with E-state index in [2.05, 4.69) is 4.98 Å². The van der Waals surface area contributed by atoms with E-state index in [1.165, 1.54) is 0 Å². The number of thiophene rings is 1. The number of carboxylic acid groups (broad SMARTS) is 1. The molecule has 1 aromatic carbocycles. The Morgan fingerprint density at radius 3 is 2.60 bits per heavy atom. The molecular formula is C16H13NO2S. The van der Waals surface area contributed by atoms with E-state index in [-0.39, 0.29) is 0 Å². The molecule has 20 heavy (non-hydrogen) atoms. The van der Waals surface area contributed by atoms with Gasteiger partial charge in [-0.1, -0.05) is 6.07 Å². The van der Waals surface area contributed by atoms with Gasteiger partial charge < -0.3 is 5.11 Å². The van der Waals surface area contributed by atoms with Gasteiger partial charge >= 0.3 is 5.97 Å². The zero-order valence-corrected chi connectivity index (χ0v) is 12.0. The highest BCUT2D eigenvalue weighted by Gasteiger charge is 2.14. The summed E-state index contributed by atoms with van der Waals surface area (Å²) in [4.78, 5) is 17.1. The highest BCUT2D eigenvalue weighted by Crippen LogP contribution is 2.29. The monoisotopic (exact) mass is 283 g/mol. The summed E-state index contributed by atoms with van der Waals surface area (Å²) in [6.07, 6.45) is 0. The molecule has 4 heteroatoms. The molecule has 0 fully saturated rings. The first kappa shape index (κ1) is 12.8. The predicted octanol–water partition coefficient (Wildman–Crippen LogP) is 4.28. The second kappa shape index (κ2) is 4.72. The lowest BCUT2D eigenvalue weighted by atomic mass is 10.0. The first-order valence-electron chi connectivity index (χ1n) is 6.25. The van der Waals surface area contributed by atoms with Crippen LogP contribution in [0.25, 0.3) is 21.5 Å². The van der Waals surface area contributed by atoms with Crippen LogP contribution >= 0.6 is 11.3 Å². The molecule has 0 spiro atoms. The summed E-state index contributed by atoms with van der Waals surface area (Å²) in [5.74, 6) is -0.918. The number of aromatic carboxylic acids is 1. The van der Waals surface area contributed by atoms with Crippen LogP contribution in [0.15, 0.2) is 35.7 Å². The third kappa shape index (κ3) is 2.08. The molecule has 2 heterocycles. The maximum absolute atomic E-state index is 11.5. The summed E-state index contributed by atoms with van der Waals surface area (Å²) in [6, 6.07) is 9.40. The van der Waals surface area contributed by atoms with Crippen molar-refractivity contribution < 1.29 is 9.90 Å². The van der Waals surface area contributed by atoms with Gasteiger partial charge in [0.1, 0.15) is 0 Å². The third-order valence-electron chi connectivity index (χ3n) is 3.43. The summed E-state index contributed by atoms with van der Waals surface area (Å²) in [5, 5.41) is 12.1. The molecule has 0 radical (unpaired) electrons. The Bertz CT molecular complexity index is 807. The van der Waals surface area contributed by atoms with Crippen LogP contribution in [0.5, 0.6) is 0 Å². The van der Waals surface area contributed by atoms with Crippen molar-refractivity contribution in [2.75, 3.05) is 0 Å². The molecule has 0 aliphatic rings. The second-order valence-electron chi connectivity index (χ2n) is 4.79. The van der Waals surface area contributed by atoms with E-state index in [4.69, 9.17) is 0 Å². The first-order valence-corrected chi connectivity index (χ1v) is 7.13. The molecule has 3 rings (SSSR count). The molecule has 2 aromatic heterocycles. The molecule has 0 aliphatic carbocycles. The first-order chi connectivity index (χ1) is 9.56. The van der Waals surface area contributed by atoms with Crippen molar-refractivity contribution in [2.24, 2.45) is 0 Å². The minimum absolute atomic E-state index is 0.307. The molecule has 0 atom stereocenters. The maximum Gasteiger partial charge on any atom is 0.336 e. The van der Waals surface area contributed by atoms with Crippen molar-refractivity contribution in [2.45, 2.75) is 13.8 Å². The lowest BCUT2D eigenvalue weighted by Crippen LogP contribution is -2.00. The van der Waals surface area contributed by atoms with Gasteiger partial charge in [-0.05, 0) is 54.6 Å². The average Bonchev–Trinajstić information content (AvgIpc) is 2.92. The fraction of sp³-hybridized carbons (Fsp3) is 0.125. The minimum Gasteiger partial charge on any atom is -0.478 e. The van der Waals surface area contributed by atoms with E-state index < -0.39 is 5.97 Å². The van der Waals surface area contributed by atoms with Gasteiger partial charge in [0.05, 0.1) is 21.7 Å². The maximum atomic E-state index is 11.5. The topological polar surface area (TPSA) is 50.2 Å². The van der Waals surface area contributed by atoms with E-state index >= 15 is 0 Å². The number of nitrogens with zero attached hydrogens (tertiary/aromatic N) is 1. The van der Waals surface area contributed by atoms with Crippen molar-refractivity contribution >= 4 is 28.2 Å². The molecule has 100 valence electrons. The zero-order valence-electron chi connectivity index (χ0n) is 11.2. The number of pyridine rings is 1. The van der Waals surface area contributed by atoms with Gasteiger partial charge in [-0.3, -0.25) is 0 Å². The van der Waals surface area contributed by atoms with Gasteiger partial charge in [0.15, 0.2) is 0 Å². The van der Waals surface area contributed by atoms with Gasteiger partial charge in [0.2, 0.25) is 0 Å². The van der Waals surface area contributed by atoms with E-state index in [9.17, 15) is 9.90 Å². The fourth-order valence-corrected chi connectivity index (χ4v) is 2.90. The Kier molecular flexibility index (Phi) is 3.03. The number of aryl methyl sites for hydroxylation is 2. The molecule has 0 saturated heterocycles. The molecule has 0 saturated carbocycles. The summed E-state index contributed by atoms with van der Waals surface area (Å²) in [5.41, 5.74) is 3.95. The van der Waals surface area contributed by atoms with Crippen LogP contribution in [0.4, 0.5) is 0 Å². The van der Waals surface area contributed by atoms with E-state index in [0.29, 0.717) is 16.6 Å². The van der Waals surface area contributed by atoms with Gasteiger partial charge in [-0.15, -0.1) is 11.3 Å². The van der Waals surface area contributed by atoms with Gasteiger partial charge in [0.25, 0.3) is 0 Å². The number of rotatable bonds is 2. The Hall–Kier alpha value is -2.20. The van der Waals surface area contributed by atoms with Gasteiger partial charge in [-0.2, -0.15) is 0 Å². The molecule has 1 N–H and O–H groups in total. The van der Waals surface area contributed by atoms with Gasteiger partial charge in [-0.25, -0.2) is 9.78 Å². The zero-order chi connectivity index (χ0) is 14.3. The number of aromatic nitrogens is 1. The van der Waals surface area contributed by atoms with Crippen LogP contribution in [0, 0.1) is 13.8 Å². The van der Waals surface area contributed by atoms with Crippen LogP contribution < -0.4 is 0 Å². The van der Waals surface area contributed by atoms with E-state index in [1.807, 2.05) is 43.5 Å². The number of carboxylic acids is 1. The lowest BCUT2D eigenvalue weighted by molar-refractivity contribution is 0.0699. The Morgan fingerprint density at radius 2 is 1.95 bits per heavy atom. The summed E-state index contributed by atoms with van der Waals surface area (Å²) < 4.78 is 0. The number of fused-ring (bicyclic) bond motifs is 1. The molecule has 3 aromatic rings. The van der Waals surface area contributed by atoms with Crippen LogP contribution in [0.1, 0.15) is 21.5 Å². The Balaban J connectivity index is 2.36. The predicted molar refractivity (Wildman–Crippen MR) is 81.5 cm³/mol. The largest absolute Gasteiger partial charge is 0.478 e. The fourth-order valence-electron chi connectivity index (χ4n) is 2.21. The number of hydrogen-bond donors (Lipinski definition) is 1. The number of hydrogen-bond acceptors (Lipinski definition) is 3. The summed E-state index contributed by atoms with van der Waals surface area (Å²) in [7, 11) is 0. The van der Waals surface area contributed by atoms with Crippen molar-refractivity contribution in [3.05, 3.63) is 52.4 Å². The third-order valence-corrected chi connectivity index (χ3v) is 4.32. The highest BCUT2D eigenvalue weighted by atomic mass is 32.1. The molecule has 0 bridgehead atoms. The van der Waals surface area contributed by atoms with Crippen molar-refractivity contribution in [3.63, 3.8) is 0 Å². The standard InChI is InChI=1S/C16H13NO2S/c1-9-6-11-12(16(18)19)8-14(15-4-3-5-20-15)17-13(11)7-10(9)2/h3-8H,1-2H3,(H,18,19). The lowest BCUT2D eigenvalue weighted by Gasteiger charge is -2.08. The van der Waals surface area contributed by atoms with Gasteiger partial charge in [0, 0.05) is 5.39 Å². The summed E-state index contributed by atoms with van der Waals surface area (Å²) >= 11 is 1.56. The van der Waals surface area contributed by atoms with Crippen molar-refractivity contribution in [3.8, 4) is 10.6 Å². The molecule has 0 unspecified atom stereocenters. The average molecular weight is 283 g/mol. The van der Waals surface area contributed by atoms with E-state index in [0.717, 1.165) is 21.5 Å². The number of benzene rings is 1. The minimum atomic E-state index is -0.918. The van der Waals surface area contributed by atoms with Crippen molar-refractivity contribution in [1.82, 2.24) is 4.98 Å². The second-order valence-corrected chi connectivity index (χ2v) is 5.74.